The van der Waals surface area contributed by atoms with Crippen molar-refractivity contribution in [2.24, 2.45) is 33.5 Å². The summed E-state index contributed by atoms with van der Waals surface area (Å²) < 4.78 is 10.5. The van der Waals surface area contributed by atoms with Crippen molar-refractivity contribution in [1.82, 2.24) is 0 Å². The Morgan fingerprint density at radius 3 is 2.10 bits per heavy atom. The summed E-state index contributed by atoms with van der Waals surface area (Å²) in [5, 5.41) is 0. The van der Waals surface area contributed by atoms with Crippen molar-refractivity contribution >= 4 is 34.6 Å². The van der Waals surface area contributed by atoms with Crippen molar-refractivity contribution in [2.45, 2.75) is 125 Å². The van der Waals surface area contributed by atoms with Gasteiger partial charge in [-0.2, -0.15) is 0 Å². The van der Waals surface area contributed by atoms with Crippen molar-refractivity contribution in [1.29, 1.82) is 0 Å². The number of rotatable bonds is 6. The van der Waals surface area contributed by atoms with Gasteiger partial charge in [0, 0.05) is 0 Å². The number of allylic oxidation sites excluding steroid dienone is 10. The summed E-state index contributed by atoms with van der Waals surface area (Å²) in [6.45, 7) is 22.0. The van der Waals surface area contributed by atoms with E-state index in [0.29, 0.717) is 5.92 Å². The van der Waals surface area contributed by atoms with E-state index in [-0.39, 0.29) is 49.6 Å². The molecule has 2 aromatic carbocycles. The van der Waals surface area contributed by atoms with E-state index in [2.05, 4.69) is 140 Å². The van der Waals surface area contributed by atoms with Gasteiger partial charge in [-0.3, -0.25) is 0 Å². The summed E-state index contributed by atoms with van der Waals surface area (Å²) in [5.41, 5.74) is 11.5. The molecular weight excluding hydrogens is 751 g/mol. The molecule has 8 rings (SSSR count). The van der Waals surface area contributed by atoms with E-state index in [1.165, 1.54) is 64.3 Å². The normalized spacial score (nSPS) is 30.0. The first-order valence-corrected chi connectivity index (χ1v) is 28.0. The summed E-state index contributed by atoms with van der Waals surface area (Å²) in [6.07, 6.45) is 24.2. The molecule has 0 N–H and O–H groups in total. The van der Waals surface area contributed by atoms with Gasteiger partial charge in [0.1, 0.15) is 0 Å². The Morgan fingerprint density at radius 1 is 0.750 bits per heavy atom. The summed E-state index contributed by atoms with van der Waals surface area (Å²) in [6, 6.07) is 21.3. The fourth-order valence-corrected chi connectivity index (χ4v) is 37.0. The molecule has 0 aromatic heterocycles. The molecule has 6 aliphatic carbocycles. The van der Waals surface area contributed by atoms with Crippen LogP contribution >= 0.6 is 24.8 Å². The summed E-state index contributed by atoms with van der Waals surface area (Å²) >= 11 is -4.60. The van der Waals surface area contributed by atoms with E-state index in [1.54, 1.807) is 25.6 Å². The fraction of sp³-hybridized carbons (Fsp3) is 0.531. The Labute approximate surface area is 330 Å². The number of hydrogen-bond donors (Lipinski definition) is 0. The first kappa shape index (κ1) is 40.1. The van der Waals surface area contributed by atoms with Gasteiger partial charge in [-0.1, -0.05) is 0 Å². The van der Waals surface area contributed by atoms with Gasteiger partial charge in [0.2, 0.25) is 0 Å². The van der Waals surface area contributed by atoms with Crippen LogP contribution in [0.1, 0.15) is 123 Å². The molecule has 2 fully saturated rings. The van der Waals surface area contributed by atoms with E-state index >= 15 is 0 Å². The summed E-state index contributed by atoms with van der Waals surface area (Å²) in [4.78, 5) is 0. The predicted molar refractivity (Wildman–Crippen MR) is 229 cm³/mol. The minimum atomic E-state index is -4.60. The third-order valence-corrected chi connectivity index (χ3v) is 38.7. The molecule has 3 unspecified atom stereocenters. The standard InChI is InChI=1S/C29H37.C7H13.C7H7.C5H5.CH2.2ClH.Zr/c1-18-25-22-17-19-13-9-10-14-20(19)24(22)21-15-11-12-16-23(21)29(25,8)28(6,7)27(4,5)26(18,2)3;2*1-7-5-3-2-4-6-7;1-2-4-5-3-1;;;;/h9-11,13-15,23H,12,16-17H2,1-8H3;7H,1-6H2;2-6H,1H2;1-3H,4H2;1H2;2*1H;. The van der Waals surface area contributed by atoms with Gasteiger partial charge in [-0.05, 0) is 0 Å². The molecule has 0 radical (unpaired) electrons. The quantitative estimate of drug-likeness (QED) is 0.272. The molecule has 0 spiro atoms. The zero-order valence-corrected chi connectivity index (χ0v) is 37.6. The molecule has 0 saturated heterocycles. The van der Waals surface area contributed by atoms with Gasteiger partial charge < -0.3 is 0 Å². The average Bonchev–Trinajstić information content (AvgIpc) is 3.78. The van der Waals surface area contributed by atoms with Crippen LogP contribution in [-0.2, 0) is 28.8 Å². The van der Waals surface area contributed by atoms with Crippen LogP contribution in [0.3, 0.4) is 0 Å². The van der Waals surface area contributed by atoms with E-state index in [4.69, 9.17) is 4.21 Å². The molecule has 0 bridgehead atoms. The fourth-order valence-electron chi connectivity index (χ4n) is 14.2. The Morgan fingerprint density at radius 2 is 1.42 bits per heavy atom. The van der Waals surface area contributed by atoms with Crippen molar-refractivity contribution in [3.8, 4) is 0 Å². The van der Waals surface area contributed by atoms with Crippen LogP contribution in [0.5, 0.6) is 0 Å². The molecule has 3 heteroatoms. The first-order chi connectivity index (χ1) is 23.6. The summed E-state index contributed by atoms with van der Waals surface area (Å²) in [5.74, 6) is 1.28. The third-order valence-electron chi connectivity index (χ3n) is 18.1. The van der Waals surface area contributed by atoms with E-state index in [9.17, 15) is 0 Å². The maximum absolute atomic E-state index is 6.20. The van der Waals surface area contributed by atoms with Crippen molar-refractivity contribution in [2.75, 3.05) is 0 Å². The maximum atomic E-state index is 6.20. The molecule has 0 heterocycles. The zero-order valence-electron chi connectivity index (χ0n) is 33.5. The number of hydrogen-bond acceptors (Lipinski definition) is 0. The molecule has 280 valence electrons. The van der Waals surface area contributed by atoms with E-state index in [1.807, 2.05) is 5.57 Å². The molecule has 2 saturated carbocycles. The molecule has 3 atom stereocenters. The predicted octanol–water partition coefficient (Wildman–Crippen LogP) is 14.6. The molecule has 0 nitrogen and oxygen atoms in total. The van der Waals surface area contributed by atoms with Crippen LogP contribution in [0.25, 0.3) is 5.57 Å². The average molecular weight is 817 g/mol. The van der Waals surface area contributed by atoms with Crippen LogP contribution in [-0.4, -0.2) is 4.21 Å². The number of fused-ring (bicyclic) bond motifs is 6. The zero-order chi connectivity index (χ0) is 35.4. The van der Waals surface area contributed by atoms with Crippen LogP contribution in [0, 0.1) is 33.5 Å². The molecule has 52 heavy (non-hydrogen) atoms. The second-order valence-electron chi connectivity index (χ2n) is 19.9. The molecule has 6 aliphatic rings. The van der Waals surface area contributed by atoms with Gasteiger partial charge in [0.15, 0.2) is 0 Å². The van der Waals surface area contributed by atoms with Gasteiger partial charge in [-0.25, -0.2) is 0 Å². The van der Waals surface area contributed by atoms with Crippen LogP contribution in [0.2, 0.25) is 7.25 Å². The monoisotopic (exact) mass is 814 g/mol. The molecule has 2 aromatic rings. The van der Waals surface area contributed by atoms with E-state index in [0.717, 1.165) is 18.8 Å². The van der Waals surface area contributed by atoms with Gasteiger partial charge in [0.05, 0.1) is 0 Å². The number of halogens is 2. The molecule has 0 aliphatic heterocycles. The second-order valence-corrected chi connectivity index (χ2v) is 35.3. The summed E-state index contributed by atoms with van der Waals surface area (Å²) in [7, 11) is 0. The van der Waals surface area contributed by atoms with Crippen molar-refractivity contribution in [3.05, 3.63) is 122 Å². The Kier molecular flexibility index (Phi) is 10.3. The number of benzene rings is 2. The van der Waals surface area contributed by atoms with Crippen LogP contribution in [0.15, 0.2) is 105 Å². The van der Waals surface area contributed by atoms with Crippen molar-refractivity contribution in [3.63, 3.8) is 0 Å². The van der Waals surface area contributed by atoms with E-state index < -0.39 is 18.3 Å². The SMILES string of the molecule is Cl.Cl.[CH2]=[Zr]([CH2]c1ccccc1)([CH2]C1CCCCC1)([C]1=CC=CC1)[C]1(C)C2=C3Cc4ccccc4C3=C3C=CCCC3C2(C)C(C)(C)C(C)(C)C1(C)C. The van der Waals surface area contributed by atoms with Crippen LogP contribution < -0.4 is 0 Å². The molecule has 0 amide bonds. The third kappa shape index (κ3) is 4.89. The Bertz CT molecular complexity index is 1960. The second kappa shape index (κ2) is 13.3. The van der Waals surface area contributed by atoms with Crippen LogP contribution in [0.4, 0.5) is 0 Å². The topological polar surface area (TPSA) is 0 Å². The minimum absolute atomic E-state index is 0. The first-order valence-electron chi connectivity index (χ1n) is 20.3. The Balaban J connectivity index is 0.00000232. The van der Waals surface area contributed by atoms with Gasteiger partial charge >= 0.3 is 308 Å². The Hall–Kier alpha value is -1.53. The molecular formula is C49H66Cl2Zr. The van der Waals surface area contributed by atoms with Gasteiger partial charge in [0.25, 0.3) is 0 Å². The van der Waals surface area contributed by atoms with Gasteiger partial charge in [-0.15, -0.1) is 24.8 Å². The van der Waals surface area contributed by atoms with Crippen molar-refractivity contribution < 1.29 is 18.3 Å².